The second-order valence-corrected chi connectivity index (χ2v) is 10.1. The van der Waals surface area contributed by atoms with Crippen molar-refractivity contribution in [1.82, 2.24) is 10.2 Å². The lowest BCUT2D eigenvalue weighted by Gasteiger charge is -2.26. The first-order chi connectivity index (χ1) is 16.4. The van der Waals surface area contributed by atoms with Crippen molar-refractivity contribution in [1.29, 1.82) is 0 Å². The highest BCUT2D eigenvalue weighted by Gasteiger charge is 2.17. The molecule has 0 atom stereocenters. The normalized spacial score (nSPS) is 14.5. The van der Waals surface area contributed by atoms with Crippen molar-refractivity contribution in [2.75, 3.05) is 31.0 Å². The molecule has 1 heterocycles. The van der Waals surface area contributed by atoms with Gasteiger partial charge >= 0.3 is 0 Å². The van der Waals surface area contributed by atoms with Crippen molar-refractivity contribution in [3.8, 4) is 0 Å². The Balaban J connectivity index is 1.41. The van der Waals surface area contributed by atoms with E-state index in [9.17, 15) is 13.2 Å². The molecular weight excluding hydrogens is 474 g/mol. The first kappa shape index (κ1) is 24.2. The molecule has 0 aromatic heterocycles. The average molecular weight is 500 g/mol. The Labute approximate surface area is 204 Å². The minimum absolute atomic E-state index is 0.132. The van der Waals surface area contributed by atoms with Crippen molar-refractivity contribution in [3.63, 3.8) is 0 Å². The van der Waals surface area contributed by atoms with Crippen molar-refractivity contribution in [3.05, 3.63) is 94.5 Å². The zero-order chi connectivity index (χ0) is 24.0. The van der Waals surface area contributed by atoms with Gasteiger partial charge in [-0.1, -0.05) is 54.1 Å². The van der Waals surface area contributed by atoms with Gasteiger partial charge in [-0.3, -0.25) is 14.4 Å². The quantitative estimate of drug-likeness (QED) is 0.490. The summed E-state index contributed by atoms with van der Waals surface area (Å²) in [5.74, 6) is -0.385. The third-order valence-electron chi connectivity index (χ3n) is 5.47. The Kier molecular flexibility index (Phi) is 7.84. The summed E-state index contributed by atoms with van der Waals surface area (Å²) >= 11 is 6.24. The lowest BCUT2D eigenvalue weighted by molar-refractivity contribution is 0.0342. The van der Waals surface area contributed by atoms with Gasteiger partial charge in [-0.05, 0) is 41.5 Å². The molecule has 0 spiro atoms. The van der Waals surface area contributed by atoms with Gasteiger partial charge in [0, 0.05) is 31.9 Å². The zero-order valence-electron chi connectivity index (χ0n) is 18.5. The maximum Gasteiger partial charge on any atom is 0.261 e. The minimum Gasteiger partial charge on any atom is -0.379 e. The van der Waals surface area contributed by atoms with E-state index in [2.05, 4.69) is 27.1 Å². The number of anilines is 1. The summed E-state index contributed by atoms with van der Waals surface area (Å²) < 4.78 is 33.1. The molecule has 4 rings (SSSR count). The Hall–Kier alpha value is -2.91. The van der Waals surface area contributed by atoms with Crippen LogP contribution in [0.15, 0.2) is 77.7 Å². The molecule has 34 heavy (non-hydrogen) atoms. The van der Waals surface area contributed by atoms with Crippen LogP contribution in [-0.2, 0) is 27.8 Å². The van der Waals surface area contributed by atoms with Gasteiger partial charge in [0.05, 0.1) is 28.7 Å². The number of carbonyl (C=O) groups is 1. The number of nitrogens with zero attached hydrogens (tertiary/aromatic N) is 1. The Morgan fingerprint density at radius 1 is 0.941 bits per heavy atom. The third-order valence-corrected chi connectivity index (χ3v) is 7.20. The van der Waals surface area contributed by atoms with Gasteiger partial charge < -0.3 is 10.1 Å². The molecule has 3 aromatic carbocycles. The highest BCUT2D eigenvalue weighted by Crippen LogP contribution is 2.23. The first-order valence-electron chi connectivity index (χ1n) is 10.9. The summed E-state index contributed by atoms with van der Waals surface area (Å²) in [4.78, 5) is 15.3. The highest BCUT2D eigenvalue weighted by atomic mass is 35.5. The van der Waals surface area contributed by atoms with Crippen LogP contribution in [0.4, 0.5) is 5.69 Å². The van der Waals surface area contributed by atoms with Gasteiger partial charge in [-0.15, -0.1) is 0 Å². The molecular formula is C25H26ClN3O4S. The molecule has 0 bridgehead atoms. The van der Waals surface area contributed by atoms with E-state index in [1.807, 2.05) is 12.1 Å². The molecule has 0 unspecified atom stereocenters. The summed E-state index contributed by atoms with van der Waals surface area (Å²) in [6.45, 7) is 4.47. The molecule has 2 N–H and O–H groups in total. The molecule has 1 aliphatic heterocycles. The van der Waals surface area contributed by atoms with Gasteiger partial charge in [-0.25, -0.2) is 8.42 Å². The van der Waals surface area contributed by atoms with Crippen LogP contribution in [0.3, 0.4) is 0 Å². The number of nitrogens with one attached hydrogen (secondary N) is 2. The number of carbonyl (C=O) groups excluding carboxylic acids is 1. The molecule has 1 amide bonds. The molecule has 9 heteroatoms. The average Bonchev–Trinajstić information content (AvgIpc) is 2.85. The van der Waals surface area contributed by atoms with Crippen LogP contribution in [0.2, 0.25) is 5.02 Å². The van der Waals surface area contributed by atoms with Crippen LogP contribution in [0.25, 0.3) is 0 Å². The Morgan fingerprint density at radius 2 is 1.68 bits per heavy atom. The number of benzene rings is 3. The molecule has 3 aromatic rings. The van der Waals surface area contributed by atoms with Gasteiger partial charge in [0.25, 0.3) is 15.9 Å². The van der Waals surface area contributed by atoms with E-state index >= 15 is 0 Å². The molecule has 7 nitrogen and oxygen atoms in total. The van der Waals surface area contributed by atoms with E-state index in [0.717, 1.165) is 38.4 Å². The summed E-state index contributed by atoms with van der Waals surface area (Å²) in [5, 5.41) is 3.11. The van der Waals surface area contributed by atoms with Crippen LogP contribution in [0.1, 0.15) is 21.5 Å². The topological polar surface area (TPSA) is 87.7 Å². The Morgan fingerprint density at radius 3 is 2.44 bits per heavy atom. The van der Waals surface area contributed by atoms with E-state index in [0.29, 0.717) is 6.54 Å². The van der Waals surface area contributed by atoms with Crippen LogP contribution >= 0.6 is 11.6 Å². The monoisotopic (exact) mass is 499 g/mol. The van der Waals surface area contributed by atoms with Crippen LogP contribution in [-0.4, -0.2) is 45.5 Å². The highest BCUT2D eigenvalue weighted by molar-refractivity contribution is 7.92. The zero-order valence-corrected chi connectivity index (χ0v) is 20.1. The number of morpholine rings is 1. The van der Waals surface area contributed by atoms with Crippen LogP contribution in [0.5, 0.6) is 0 Å². The fraction of sp³-hybridized carbons (Fsp3) is 0.240. The lowest BCUT2D eigenvalue weighted by atomic mass is 10.1. The molecule has 1 fully saturated rings. The van der Waals surface area contributed by atoms with E-state index in [1.165, 1.54) is 35.9 Å². The van der Waals surface area contributed by atoms with Gasteiger partial charge in [0.1, 0.15) is 0 Å². The van der Waals surface area contributed by atoms with Crippen molar-refractivity contribution < 1.29 is 17.9 Å². The van der Waals surface area contributed by atoms with Crippen molar-refractivity contribution in [2.45, 2.75) is 18.0 Å². The summed E-state index contributed by atoms with van der Waals surface area (Å²) in [6, 6.07) is 20.6. The second-order valence-electron chi connectivity index (χ2n) is 8.00. The summed E-state index contributed by atoms with van der Waals surface area (Å²) in [5.41, 5.74) is 2.59. The number of amides is 1. The third kappa shape index (κ3) is 6.36. The molecule has 1 saturated heterocycles. The largest absolute Gasteiger partial charge is 0.379 e. The molecule has 178 valence electrons. The fourth-order valence-corrected chi connectivity index (χ4v) is 4.98. The smallest absolute Gasteiger partial charge is 0.261 e. The predicted octanol–water partition coefficient (Wildman–Crippen LogP) is 3.90. The Bertz CT molecular complexity index is 1250. The maximum absolute atomic E-state index is 12.8. The first-order valence-corrected chi connectivity index (χ1v) is 12.8. The molecule has 0 radical (unpaired) electrons. The van der Waals surface area contributed by atoms with Gasteiger partial charge in [0.2, 0.25) is 0 Å². The molecule has 0 saturated carbocycles. The van der Waals surface area contributed by atoms with Gasteiger partial charge in [-0.2, -0.15) is 0 Å². The standard InChI is InChI=1S/C25H26ClN3O4S/c26-24-10-9-21(28-34(31,32)22-7-2-1-3-8-22)16-23(24)25(30)27-17-19-5-4-6-20(15-19)18-29-11-13-33-14-12-29/h1-10,15-16,28H,11-14,17-18H2,(H,27,30). The van der Waals surface area contributed by atoms with Crippen molar-refractivity contribution >= 4 is 33.2 Å². The van der Waals surface area contributed by atoms with E-state index in [4.69, 9.17) is 16.3 Å². The predicted molar refractivity (Wildman–Crippen MR) is 132 cm³/mol. The van der Waals surface area contributed by atoms with Crippen LogP contribution < -0.4 is 10.0 Å². The van der Waals surface area contributed by atoms with E-state index in [-0.39, 0.29) is 27.1 Å². The fourth-order valence-electron chi connectivity index (χ4n) is 3.71. The second kappa shape index (κ2) is 11.0. The van der Waals surface area contributed by atoms with Crippen molar-refractivity contribution in [2.24, 2.45) is 0 Å². The number of halogens is 1. The van der Waals surface area contributed by atoms with Gasteiger partial charge in [0.15, 0.2) is 0 Å². The number of rotatable bonds is 8. The number of hydrogen-bond acceptors (Lipinski definition) is 5. The van der Waals surface area contributed by atoms with E-state index < -0.39 is 10.0 Å². The number of ether oxygens (including phenoxy) is 1. The summed E-state index contributed by atoms with van der Waals surface area (Å²) in [6.07, 6.45) is 0. The number of hydrogen-bond donors (Lipinski definition) is 2. The maximum atomic E-state index is 12.8. The number of sulfonamides is 1. The summed E-state index contributed by atoms with van der Waals surface area (Å²) in [7, 11) is -3.78. The molecule has 0 aliphatic carbocycles. The minimum atomic E-state index is -3.78. The lowest BCUT2D eigenvalue weighted by Crippen LogP contribution is -2.35. The van der Waals surface area contributed by atoms with E-state index in [1.54, 1.807) is 18.2 Å². The molecule has 1 aliphatic rings. The SMILES string of the molecule is O=C(NCc1cccc(CN2CCOCC2)c1)c1cc(NS(=O)(=O)c2ccccc2)ccc1Cl. The van der Waals surface area contributed by atoms with Crippen LogP contribution in [0, 0.1) is 0 Å².